The molecule has 0 saturated heterocycles. The number of aromatic carboxylic acids is 1. The summed E-state index contributed by atoms with van der Waals surface area (Å²) in [6.07, 6.45) is -0.746. The fraction of sp³-hybridized carbons (Fsp3) is 0.0769. The number of fused-ring (bicyclic) bond motifs is 3. The van der Waals surface area contributed by atoms with Gasteiger partial charge in [0.05, 0.1) is 5.56 Å². The number of aromatic nitrogens is 1. The molecule has 9 heteroatoms. The van der Waals surface area contributed by atoms with Crippen LogP contribution in [0.3, 0.4) is 0 Å². The van der Waals surface area contributed by atoms with Gasteiger partial charge in [-0.3, -0.25) is 10.1 Å². The lowest BCUT2D eigenvalue weighted by Crippen LogP contribution is -2.17. The number of carbonyl (C=O) groups excluding carboxylic acids is 2. The maximum atomic E-state index is 12.4. The van der Waals surface area contributed by atoms with E-state index in [1.54, 1.807) is 6.07 Å². The van der Waals surface area contributed by atoms with Crippen LogP contribution in [0, 0.1) is 0 Å². The zero-order chi connectivity index (χ0) is 24.4. The normalized spacial score (nSPS) is 11.9. The SMILES string of the molecule is O=C(Nc1cc(C(=O)Nc2cccc(C(=O)O)c2)no1)OCC1c2ccccc2-c2ccccc21. The van der Waals surface area contributed by atoms with Gasteiger partial charge in [-0.1, -0.05) is 59.8 Å². The Labute approximate surface area is 199 Å². The van der Waals surface area contributed by atoms with E-state index in [4.69, 9.17) is 14.4 Å². The molecular weight excluding hydrogens is 450 g/mol. The van der Waals surface area contributed by atoms with E-state index in [-0.39, 0.29) is 35.4 Å². The number of hydrogen-bond donors (Lipinski definition) is 3. The summed E-state index contributed by atoms with van der Waals surface area (Å²) >= 11 is 0. The van der Waals surface area contributed by atoms with Crippen LogP contribution in [0.25, 0.3) is 11.1 Å². The summed E-state index contributed by atoms with van der Waals surface area (Å²) in [6, 6.07) is 23.0. The van der Waals surface area contributed by atoms with Crippen molar-refractivity contribution in [2.45, 2.75) is 5.92 Å². The molecule has 3 N–H and O–H groups in total. The monoisotopic (exact) mass is 469 g/mol. The molecule has 35 heavy (non-hydrogen) atoms. The number of amides is 2. The highest BCUT2D eigenvalue weighted by Gasteiger charge is 2.29. The molecule has 5 rings (SSSR count). The average Bonchev–Trinajstić information content (AvgIpc) is 3.46. The van der Waals surface area contributed by atoms with Gasteiger partial charge in [-0.2, -0.15) is 0 Å². The minimum atomic E-state index is -1.11. The zero-order valence-corrected chi connectivity index (χ0v) is 18.2. The molecule has 9 nitrogen and oxygen atoms in total. The Morgan fingerprint density at radius 2 is 1.57 bits per heavy atom. The van der Waals surface area contributed by atoms with Crippen molar-refractivity contribution < 1.29 is 28.8 Å². The van der Waals surface area contributed by atoms with Gasteiger partial charge in [-0.25, -0.2) is 9.59 Å². The van der Waals surface area contributed by atoms with Crippen molar-refractivity contribution in [3.8, 4) is 11.1 Å². The highest BCUT2D eigenvalue weighted by Crippen LogP contribution is 2.44. The van der Waals surface area contributed by atoms with Gasteiger partial charge in [0.15, 0.2) is 5.69 Å². The second-order valence-corrected chi connectivity index (χ2v) is 7.87. The maximum Gasteiger partial charge on any atom is 0.414 e. The molecular formula is C26H19N3O6. The van der Waals surface area contributed by atoms with Gasteiger partial charge in [0, 0.05) is 17.7 Å². The van der Waals surface area contributed by atoms with Crippen molar-refractivity contribution in [2.75, 3.05) is 17.2 Å². The predicted molar refractivity (Wildman–Crippen MR) is 127 cm³/mol. The van der Waals surface area contributed by atoms with Crippen molar-refractivity contribution in [3.63, 3.8) is 0 Å². The van der Waals surface area contributed by atoms with Crippen LogP contribution in [0.4, 0.5) is 16.4 Å². The molecule has 0 spiro atoms. The third-order valence-corrected chi connectivity index (χ3v) is 5.68. The van der Waals surface area contributed by atoms with Gasteiger partial charge in [0.1, 0.15) is 6.61 Å². The van der Waals surface area contributed by atoms with Gasteiger partial charge in [0.25, 0.3) is 5.91 Å². The highest BCUT2D eigenvalue weighted by molar-refractivity contribution is 6.04. The molecule has 174 valence electrons. The Morgan fingerprint density at radius 3 is 2.26 bits per heavy atom. The van der Waals surface area contributed by atoms with Gasteiger partial charge >= 0.3 is 12.1 Å². The molecule has 0 bridgehead atoms. The van der Waals surface area contributed by atoms with Crippen molar-refractivity contribution in [3.05, 3.63) is 101 Å². The highest BCUT2D eigenvalue weighted by atomic mass is 16.6. The Balaban J connectivity index is 1.20. The molecule has 0 atom stereocenters. The first kappa shape index (κ1) is 21.9. The quantitative estimate of drug-likeness (QED) is 0.363. The van der Waals surface area contributed by atoms with E-state index < -0.39 is 18.0 Å². The van der Waals surface area contributed by atoms with Crippen LogP contribution in [-0.4, -0.2) is 34.8 Å². The zero-order valence-electron chi connectivity index (χ0n) is 18.2. The van der Waals surface area contributed by atoms with Crippen LogP contribution in [0.1, 0.15) is 37.9 Å². The molecule has 2 amide bonds. The third-order valence-electron chi connectivity index (χ3n) is 5.68. The van der Waals surface area contributed by atoms with Gasteiger partial charge in [0.2, 0.25) is 5.88 Å². The molecule has 1 aromatic heterocycles. The molecule has 0 fully saturated rings. The lowest BCUT2D eigenvalue weighted by molar-refractivity contribution is 0.0696. The number of benzene rings is 3. The molecule has 1 aliphatic rings. The van der Waals surface area contributed by atoms with Crippen molar-refractivity contribution in [1.82, 2.24) is 5.16 Å². The number of nitrogens with zero attached hydrogens (tertiary/aromatic N) is 1. The van der Waals surface area contributed by atoms with E-state index in [1.165, 1.54) is 24.3 Å². The minimum absolute atomic E-state index is 0.0283. The van der Waals surface area contributed by atoms with Crippen molar-refractivity contribution >= 4 is 29.5 Å². The molecule has 0 radical (unpaired) electrons. The summed E-state index contributed by atoms with van der Waals surface area (Å²) in [6.45, 7) is 0.126. The van der Waals surface area contributed by atoms with Crippen LogP contribution in [-0.2, 0) is 4.74 Å². The Bertz CT molecular complexity index is 1400. The van der Waals surface area contributed by atoms with E-state index in [2.05, 4.69) is 15.8 Å². The number of nitrogens with one attached hydrogen (secondary N) is 2. The number of carboxylic acid groups (broad SMARTS) is 1. The molecule has 0 unspecified atom stereocenters. The molecule has 0 aliphatic heterocycles. The van der Waals surface area contributed by atoms with Crippen LogP contribution in [0.2, 0.25) is 0 Å². The first-order valence-corrected chi connectivity index (χ1v) is 10.7. The van der Waals surface area contributed by atoms with Crippen LogP contribution in [0.5, 0.6) is 0 Å². The van der Waals surface area contributed by atoms with E-state index in [1.807, 2.05) is 48.5 Å². The lowest BCUT2D eigenvalue weighted by atomic mass is 9.98. The predicted octanol–water partition coefficient (Wildman–Crippen LogP) is 4.99. The van der Waals surface area contributed by atoms with E-state index in [0.717, 1.165) is 22.3 Å². The fourth-order valence-corrected chi connectivity index (χ4v) is 4.10. The van der Waals surface area contributed by atoms with Gasteiger partial charge in [-0.05, 0) is 40.5 Å². The summed E-state index contributed by atoms with van der Waals surface area (Å²) in [7, 11) is 0. The first-order valence-electron chi connectivity index (χ1n) is 10.7. The number of anilines is 2. The summed E-state index contributed by atoms with van der Waals surface area (Å²) in [4.78, 5) is 35.9. The second kappa shape index (κ2) is 9.14. The lowest BCUT2D eigenvalue weighted by Gasteiger charge is -2.13. The smallest absolute Gasteiger partial charge is 0.414 e. The maximum absolute atomic E-state index is 12.4. The van der Waals surface area contributed by atoms with Crippen molar-refractivity contribution in [2.24, 2.45) is 0 Å². The van der Waals surface area contributed by atoms with E-state index in [0.29, 0.717) is 0 Å². The second-order valence-electron chi connectivity index (χ2n) is 7.87. The Hall–Kier alpha value is -4.92. The summed E-state index contributed by atoms with van der Waals surface area (Å²) in [5.74, 6) is -1.90. The summed E-state index contributed by atoms with van der Waals surface area (Å²) in [5, 5.41) is 17.7. The molecule has 4 aromatic rings. The third kappa shape index (κ3) is 4.47. The number of hydrogen-bond acceptors (Lipinski definition) is 6. The topological polar surface area (TPSA) is 131 Å². The van der Waals surface area contributed by atoms with Crippen molar-refractivity contribution in [1.29, 1.82) is 0 Å². The van der Waals surface area contributed by atoms with Crippen LogP contribution in [0.15, 0.2) is 83.4 Å². The van der Waals surface area contributed by atoms with Crippen LogP contribution >= 0.6 is 0 Å². The molecule has 3 aromatic carbocycles. The standard InChI is InChI=1S/C26H19N3O6/c30-24(27-16-7-5-6-15(12-16)25(31)32)22-13-23(35-29-22)28-26(33)34-14-21-19-10-3-1-8-17(19)18-9-2-4-11-20(18)21/h1-13,21H,14H2,(H,27,30)(H,28,33)(H,31,32). The summed E-state index contributed by atoms with van der Waals surface area (Å²) < 4.78 is 10.5. The van der Waals surface area contributed by atoms with Gasteiger partial charge in [-0.15, -0.1) is 0 Å². The number of rotatable bonds is 6. The fourth-order valence-electron chi connectivity index (χ4n) is 4.10. The molecule has 1 heterocycles. The number of carbonyl (C=O) groups is 3. The molecule has 1 aliphatic carbocycles. The molecule has 0 saturated carbocycles. The van der Waals surface area contributed by atoms with Gasteiger partial charge < -0.3 is 19.7 Å². The van der Waals surface area contributed by atoms with E-state index >= 15 is 0 Å². The largest absolute Gasteiger partial charge is 0.478 e. The number of carboxylic acids is 1. The van der Waals surface area contributed by atoms with E-state index in [9.17, 15) is 14.4 Å². The first-order chi connectivity index (χ1) is 17.0. The average molecular weight is 469 g/mol. The Kier molecular flexibility index (Phi) is 5.72. The summed E-state index contributed by atoms with van der Waals surface area (Å²) in [5.41, 5.74) is 4.64. The number of ether oxygens (including phenoxy) is 1. The Morgan fingerprint density at radius 1 is 0.886 bits per heavy atom. The minimum Gasteiger partial charge on any atom is -0.478 e. The van der Waals surface area contributed by atoms with Crippen LogP contribution < -0.4 is 10.6 Å².